The lowest BCUT2D eigenvalue weighted by Gasteiger charge is -2.32. The van der Waals surface area contributed by atoms with Gasteiger partial charge in [0.2, 0.25) is 0 Å². The molecule has 2 heterocycles. The topological polar surface area (TPSA) is 138 Å². The third-order valence-corrected chi connectivity index (χ3v) is 10.1. The number of halogens is 3. The molecule has 3 N–H and O–H groups in total. The first kappa shape index (κ1) is 28.4. The molecule has 214 valence electrons. The lowest BCUT2D eigenvalue weighted by atomic mass is 9.80. The van der Waals surface area contributed by atoms with Crippen LogP contribution in [0.3, 0.4) is 0 Å². The van der Waals surface area contributed by atoms with Crippen LogP contribution in [0.4, 0.5) is 13.2 Å². The Kier molecular flexibility index (Phi) is 7.61. The van der Waals surface area contributed by atoms with E-state index in [1.165, 1.54) is 12.3 Å². The number of carbonyl (C=O) groups excluding carboxylic acids is 1. The predicted octanol–water partition coefficient (Wildman–Crippen LogP) is 4.52. The number of aromatic nitrogens is 2. The van der Waals surface area contributed by atoms with Crippen LogP contribution in [0.25, 0.3) is 21.2 Å². The molecule has 2 saturated carbocycles. The first-order valence-electron chi connectivity index (χ1n) is 12.8. The van der Waals surface area contributed by atoms with Crippen LogP contribution in [0, 0.1) is 11.8 Å². The number of sulfonamides is 1. The SMILES string of the molecule is CC(NS(=O)(=O)c1ncc(-c2sc(C(=O)NC3CC(C(=O)O)C3)nc2CC2CCC2)c2ccccc12)C(F)(F)F. The molecule has 0 spiro atoms. The van der Waals surface area contributed by atoms with E-state index in [1.54, 1.807) is 22.9 Å². The Morgan fingerprint density at radius 3 is 2.45 bits per heavy atom. The van der Waals surface area contributed by atoms with Crippen molar-refractivity contribution in [2.75, 3.05) is 0 Å². The fourth-order valence-corrected chi connectivity index (χ4v) is 7.26. The molecule has 2 aliphatic carbocycles. The van der Waals surface area contributed by atoms with Gasteiger partial charge in [-0.1, -0.05) is 43.5 Å². The maximum Gasteiger partial charge on any atom is 0.404 e. The number of carboxylic acid groups (broad SMARTS) is 1. The van der Waals surface area contributed by atoms with Gasteiger partial charge in [0.25, 0.3) is 15.9 Å². The Labute approximate surface area is 232 Å². The highest BCUT2D eigenvalue weighted by molar-refractivity contribution is 7.89. The number of alkyl halides is 3. The molecule has 2 aromatic heterocycles. The summed E-state index contributed by atoms with van der Waals surface area (Å²) in [5.74, 6) is -1.39. The maximum absolute atomic E-state index is 13.1. The molecular formula is C26H27F3N4O5S2. The van der Waals surface area contributed by atoms with Gasteiger partial charge in [-0.25, -0.2) is 18.4 Å². The van der Waals surface area contributed by atoms with E-state index in [1.807, 2.05) is 0 Å². The van der Waals surface area contributed by atoms with Gasteiger partial charge in [-0.15, -0.1) is 11.3 Å². The van der Waals surface area contributed by atoms with Gasteiger partial charge in [-0.3, -0.25) is 9.59 Å². The van der Waals surface area contributed by atoms with Gasteiger partial charge in [-0.05, 0) is 37.5 Å². The molecule has 14 heteroatoms. The zero-order valence-corrected chi connectivity index (χ0v) is 23.0. The highest BCUT2D eigenvalue weighted by Crippen LogP contribution is 2.40. The second kappa shape index (κ2) is 10.7. The zero-order chi connectivity index (χ0) is 28.8. The minimum atomic E-state index is -4.77. The summed E-state index contributed by atoms with van der Waals surface area (Å²) >= 11 is 1.13. The maximum atomic E-state index is 13.1. The predicted molar refractivity (Wildman–Crippen MR) is 141 cm³/mol. The van der Waals surface area contributed by atoms with Crippen LogP contribution in [0.15, 0.2) is 35.5 Å². The molecule has 3 aromatic rings. The number of thiazole rings is 1. The first-order chi connectivity index (χ1) is 18.8. The molecule has 1 aromatic carbocycles. The lowest BCUT2D eigenvalue weighted by Crippen LogP contribution is -2.46. The summed E-state index contributed by atoms with van der Waals surface area (Å²) in [5.41, 5.74) is 1.20. The summed E-state index contributed by atoms with van der Waals surface area (Å²) in [7, 11) is -4.62. The highest BCUT2D eigenvalue weighted by atomic mass is 32.2. The molecule has 0 bridgehead atoms. The van der Waals surface area contributed by atoms with Gasteiger partial charge in [0.15, 0.2) is 10.0 Å². The standard InChI is InChI=1S/C26H27F3N4O5S2/c1-13(26(27,28)29)33-40(37,38)24-18-8-3-2-7-17(18)19(12-30-24)21-20(9-14-5-4-6-14)32-23(39-21)22(34)31-16-10-15(11-16)25(35)36/h2-3,7-8,12-16,33H,4-6,9-11H2,1H3,(H,31,34)(H,35,36). The quantitative estimate of drug-likeness (QED) is 0.330. The number of hydrogen-bond acceptors (Lipinski definition) is 7. The van der Waals surface area contributed by atoms with Crippen LogP contribution in [-0.2, 0) is 21.2 Å². The van der Waals surface area contributed by atoms with Gasteiger partial charge in [0, 0.05) is 23.2 Å². The summed E-state index contributed by atoms with van der Waals surface area (Å²) in [6.07, 6.45) is 0.990. The average Bonchev–Trinajstić information content (AvgIpc) is 3.25. The highest BCUT2D eigenvalue weighted by Gasteiger charge is 2.40. The van der Waals surface area contributed by atoms with Crippen LogP contribution >= 0.6 is 11.3 Å². The van der Waals surface area contributed by atoms with Crippen LogP contribution in [0.5, 0.6) is 0 Å². The molecule has 0 saturated heterocycles. The van der Waals surface area contributed by atoms with Gasteiger partial charge in [0.05, 0.1) is 16.5 Å². The largest absolute Gasteiger partial charge is 0.481 e. The van der Waals surface area contributed by atoms with Crippen molar-refractivity contribution < 1.29 is 36.3 Å². The van der Waals surface area contributed by atoms with E-state index < -0.39 is 45.1 Å². The normalized spacial score (nSPS) is 20.5. The van der Waals surface area contributed by atoms with Crippen molar-refractivity contribution in [3.63, 3.8) is 0 Å². The van der Waals surface area contributed by atoms with Gasteiger partial charge >= 0.3 is 12.1 Å². The number of benzene rings is 1. The Balaban J connectivity index is 1.51. The third kappa shape index (κ3) is 5.70. The van der Waals surface area contributed by atoms with Crippen LogP contribution in [0.1, 0.15) is 54.5 Å². The van der Waals surface area contributed by atoms with Crippen molar-refractivity contribution >= 4 is 44.0 Å². The monoisotopic (exact) mass is 596 g/mol. The van der Waals surface area contributed by atoms with Crippen molar-refractivity contribution in [2.24, 2.45) is 11.8 Å². The van der Waals surface area contributed by atoms with Crippen molar-refractivity contribution in [1.82, 2.24) is 20.0 Å². The Morgan fingerprint density at radius 2 is 1.85 bits per heavy atom. The number of carboxylic acids is 1. The second-order valence-corrected chi connectivity index (χ2v) is 13.0. The number of nitrogens with zero attached hydrogens (tertiary/aromatic N) is 2. The molecule has 2 fully saturated rings. The fraction of sp³-hybridized carbons (Fsp3) is 0.462. The Morgan fingerprint density at radius 1 is 1.18 bits per heavy atom. The van der Waals surface area contributed by atoms with Crippen molar-refractivity contribution in [3.05, 3.63) is 41.2 Å². The number of fused-ring (bicyclic) bond motifs is 1. The van der Waals surface area contributed by atoms with E-state index >= 15 is 0 Å². The molecule has 40 heavy (non-hydrogen) atoms. The smallest absolute Gasteiger partial charge is 0.404 e. The number of nitrogens with one attached hydrogen (secondary N) is 2. The van der Waals surface area contributed by atoms with Crippen molar-refractivity contribution in [3.8, 4) is 10.4 Å². The molecular weight excluding hydrogens is 569 g/mol. The molecule has 0 radical (unpaired) electrons. The van der Waals surface area contributed by atoms with Crippen LogP contribution in [-0.4, -0.2) is 53.6 Å². The number of hydrogen-bond donors (Lipinski definition) is 3. The van der Waals surface area contributed by atoms with Crippen molar-refractivity contribution in [2.45, 2.75) is 68.7 Å². The van der Waals surface area contributed by atoms with E-state index in [0.717, 1.165) is 37.5 Å². The van der Waals surface area contributed by atoms with Crippen LogP contribution in [0.2, 0.25) is 0 Å². The summed E-state index contributed by atoms with van der Waals surface area (Å²) < 4.78 is 66.8. The van der Waals surface area contributed by atoms with Crippen LogP contribution < -0.4 is 10.0 Å². The van der Waals surface area contributed by atoms with E-state index in [2.05, 4.69) is 15.3 Å². The zero-order valence-electron chi connectivity index (χ0n) is 21.4. The number of pyridine rings is 1. The number of carbonyl (C=O) groups is 2. The Bertz CT molecular complexity index is 1560. The summed E-state index contributed by atoms with van der Waals surface area (Å²) in [6.45, 7) is 0.718. The summed E-state index contributed by atoms with van der Waals surface area (Å²) in [5, 5.41) is 12.2. The number of rotatable bonds is 9. The summed E-state index contributed by atoms with van der Waals surface area (Å²) in [6, 6.07) is 3.83. The lowest BCUT2D eigenvalue weighted by molar-refractivity contribution is -0.147. The third-order valence-electron chi connectivity index (χ3n) is 7.50. The minimum absolute atomic E-state index is 0.144. The van der Waals surface area contributed by atoms with E-state index in [9.17, 15) is 31.2 Å². The van der Waals surface area contributed by atoms with E-state index in [0.29, 0.717) is 46.7 Å². The van der Waals surface area contributed by atoms with Crippen molar-refractivity contribution in [1.29, 1.82) is 0 Å². The molecule has 9 nitrogen and oxygen atoms in total. The molecule has 0 aliphatic heterocycles. The average molecular weight is 597 g/mol. The van der Waals surface area contributed by atoms with Gasteiger partial charge < -0.3 is 10.4 Å². The molecule has 5 rings (SSSR count). The number of aliphatic carboxylic acids is 1. The van der Waals surface area contributed by atoms with Gasteiger partial charge in [0.1, 0.15) is 6.04 Å². The van der Waals surface area contributed by atoms with E-state index in [-0.39, 0.29) is 16.4 Å². The molecule has 2 aliphatic rings. The molecule has 1 amide bonds. The second-order valence-electron chi connectivity index (χ2n) is 10.4. The molecule has 1 unspecified atom stereocenters. The Hall–Kier alpha value is -3.10. The minimum Gasteiger partial charge on any atom is -0.481 e. The molecule has 1 atom stereocenters. The summed E-state index contributed by atoms with van der Waals surface area (Å²) in [4.78, 5) is 33.5. The fourth-order valence-electron chi connectivity index (χ4n) is 4.87. The first-order valence-corrected chi connectivity index (χ1v) is 15.1. The van der Waals surface area contributed by atoms with Gasteiger partial charge in [-0.2, -0.15) is 17.9 Å². The van der Waals surface area contributed by atoms with E-state index in [4.69, 9.17) is 5.11 Å². The number of amides is 1.